The SMILES string of the molecule is CC(C)Nc1cc(-n2ncc3cc(C#N)cnc32)ncc1CNCC(F)C(C)(C)OP(=O)(O)O. The number of rotatable bonds is 10. The van der Waals surface area contributed by atoms with Crippen molar-refractivity contribution in [3.8, 4) is 11.9 Å². The summed E-state index contributed by atoms with van der Waals surface area (Å²) >= 11 is 0. The molecule has 0 spiro atoms. The van der Waals surface area contributed by atoms with Gasteiger partial charge in [0.05, 0.1) is 11.8 Å². The van der Waals surface area contributed by atoms with Crippen molar-refractivity contribution >= 4 is 24.5 Å². The van der Waals surface area contributed by atoms with Crippen LogP contribution in [0.2, 0.25) is 0 Å². The summed E-state index contributed by atoms with van der Waals surface area (Å²) in [6.07, 6.45) is 3.04. The van der Waals surface area contributed by atoms with Crippen molar-refractivity contribution in [2.75, 3.05) is 11.9 Å². The summed E-state index contributed by atoms with van der Waals surface area (Å²) in [6, 6.07) is 5.65. The van der Waals surface area contributed by atoms with Crippen LogP contribution in [0.3, 0.4) is 0 Å². The van der Waals surface area contributed by atoms with Crippen molar-refractivity contribution in [2.45, 2.75) is 52.1 Å². The molecule has 0 fully saturated rings. The van der Waals surface area contributed by atoms with Crippen LogP contribution >= 0.6 is 7.82 Å². The molecule has 3 aromatic heterocycles. The van der Waals surface area contributed by atoms with E-state index in [0.717, 1.165) is 11.3 Å². The number of phosphoric acid groups is 1. The predicted octanol–water partition coefficient (Wildman–Crippen LogP) is 2.82. The van der Waals surface area contributed by atoms with E-state index in [9.17, 15) is 8.96 Å². The molecule has 0 radical (unpaired) electrons. The maximum absolute atomic E-state index is 14.6. The number of hydrogen-bond donors (Lipinski definition) is 4. The van der Waals surface area contributed by atoms with E-state index in [0.29, 0.717) is 22.4 Å². The predicted molar refractivity (Wildman–Crippen MR) is 124 cm³/mol. The normalized spacial score (nSPS) is 13.3. The molecule has 0 aliphatic heterocycles. The molecule has 0 saturated carbocycles. The van der Waals surface area contributed by atoms with Gasteiger partial charge in [-0.1, -0.05) is 0 Å². The highest BCUT2D eigenvalue weighted by Gasteiger charge is 2.36. The van der Waals surface area contributed by atoms with Gasteiger partial charge in [-0.25, -0.2) is 18.9 Å². The van der Waals surface area contributed by atoms with Crippen LogP contribution in [0.1, 0.15) is 38.8 Å². The number of nitrogens with zero attached hydrogens (tertiary/aromatic N) is 5. The Hall–Kier alpha value is -2.94. The highest BCUT2D eigenvalue weighted by Crippen LogP contribution is 2.42. The van der Waals surface area contributed by atoms with Crippen LogP contribution in [-0.2, 0) is 15.6 Å². The van der Waals surface area contributed by atoms with Crippen molar-refractivity contribution in [1.29, 1.82) is 5.26 Å². The fourth-order valence-corrected chi connectivity index (χ4v) is 4.00. The van der Waals surface area contributed by atoms with Gasteiger partial charge in [0.1, 0.15) is 17.8 Å². The summed E-state index contributed by atoms with van der Waals surface area (Å²) in [5.41, 5.74) is 0.831. The molecule has 1 atom stereocenters. The Labute approximate surface area is 196 Å². The number of phosphoric ester groups is 1. The molecule has 0 bridgehead atoms. The molecule has 0 saturated heterocycles. The number of aromatic nitrogens is 4. The average molecular weight is 491 g/mol. The van der Waals surface area contributed by atoms with Crippen molar-refractivity contribution < 1.29 is 23.3 Å². The summed E-state index contributed by atoms with van der Waals surface area (Å²) in [6.45, 7) is 6.57. The number of nitriles is 1. The Balaban J connectivity index is 1.79. The van der Waals surface area contributed by atoms with Gasteiger partial charge in [-0.2, -0.15) is 15.0 Å². The third-order valence-electron chi connectivity index (χ3n) is 4.92. The van der Waals surface area contributed by atoms with Crippen molar-refractivity contribution in [2.24, 2.45) is 0 Å². The number of hydrogen-bond acceptors (Lipinski definition) is 8. The monoisotopic (exact) mass is 491 g/mol. The van der Waals surface area contributed by atoms with Crippen LogP contribution in [0.15, 0.2) is 30.7 Å². The Morgan fingerprint density at radius 3 is 2.65 bits per heavy atom. The number of fused-ring (bicyclic) bond motifs is 1. The summed E-state index contributed by atoms with van der Waals surface area (Å²) in [4.78, 5) is 26.7. The van der Waals surface area contributed by atoms with Crippen molar-refractivity contribution in [3.63, 3.8) is 0 Å². The minimum Gasteiger partial charge on any atom is -0.382 e. The molecule has 0 amide bonds. The molecule has 3 rings (SSSR count). The van der Waals surface area contributed by atoms with E-state index in [1.807, 2.05) is 19.9 Å². The molecule has 11 nitrogen and oxygen atoms in total. The van der Waals surface area contributed by atoms with Crippen LogP contribution < -0.4 is 10.6 Å². The van der Waals surface area contributed by atoms with Gasteiger partial charge in [0.2, 0.25) is 0 Å². The first kappa shape index (κ1) is 25.7. The number of halogens is 1. The zero-order chi connectivity index (χ0) is 25.1. The number of nitrogens with one attached hydrogen (secondary N) is 2. The van der Waals surface area contributed by atoms with Crippen molar-refractivity contribution in [1.82, 2.24) is 25.1 Å². The van der Waals surface area contributed by atoms with E-state index in [-0.39, 0.29) is 19.1 Å². The second-order valence-corrected chi connectivity index (χ2v) is 9.75. The van der Waals surface area contributed by atoms with E-state index >= 15 is 0 Å². The van der Waals surface area contributed by atoms with Gasteiger partial charge in [0, 0.05) is 54.2 Å². The standard InChI is InChI=1S/C21H27FN7O4P/c1-13(2)28-17-6-19(29-20-15(11-27-29)5-14(7-23)8-26-20)25-10-16(17)9-24-12-18(22)21(3,4)33-34(30,31)32/h5-6,8,10-11,13,18,24H,9,12H2,1-4H3,(H,25,28)(H2,30,31,32). The van der Waals surface area contributed by atoms with E-state index in [4.69, 9.17) is 15.0 Å². The first-order chi connectivity index (χ1) is 15.9. The molecule has 4 N–H and O–H groups in total. The number of alkyl halides is 1. The molecule has 0 aliphatic carbocycles. The average Bonchev–Trinajstić information content (AvgIpc) is 3.15. The maximum atomic E-state index is 14.6. The number of pyridine rings is 2. The van der Waals surface area contributed by atoms with Crippen LogP contribution in [0, 0.1) is 11.3 Å². The fourth-order valence-electron chi connectivity index (χ4n) is 3.27. The third kappa shape index (κ3) is 6.34. The van der Waals surface area contributed by atoms with E-state index in [1.165, 1.54) is 20.0 Å². The molecule has 182 valence electrons. The minimum atomic E-state index is -4.82. The van der Waals surface area contributed by atoms with Crippen LogP contribution in [-0.4, -0.2) is 53.9 Å². The van der Waals surface area contributed by atoms with Gasteiger partial charge in [-0.05, 0) is 33.8 Å². The molecule has 34 heavy (non-hydrogen) atoms. The van der Waals surface area contributed by atoms with Gasteiger partial charge in [0.15, 0.2) is 11.5 Å². The fraction of sp³-hybridized carbons (Fsp3) is 0.429. The van der Waals surface area contributed by atoms with Crippen LogP contribution in [0.25, 0.3) is 16.9 Å². The van der Waals surface area contributed by atoms with E-state index in [1.54, 1.807) is 29.2 Å². The molecular weight excluding hydrogens is 464 g/mol. The number of anilines is 1. The lowest BCUT2D eigenvalue weighted by Gasteiger charge is -2.29. The zero-order valence-corrected chi connectivity index (χ0v) is 20.1. The summed E-state index contributed by atoms with van der Waals surface area (Å²) in [7, 11) is -4.82. The zero-order valence-electron chi connectivity index (χ0n) is 19.2. The first-order valence-electron chi connectivity index (χ1n) is 10.5. The summed E-state index contributed by atoms with van der Waals surface area (Å²) in [5.74, 6) is 0.513. The highest BCUT2D eigenvalue weighted by molar-refractivity contribution is 7.46. The second-order valence-electron chi connectivity index (χ2n) is 8.59. The Kier molecular flexibility index (Phi) is 7.65. The lowest BCUT2D eigenvalue weighted by Crippen LogP contribution is -2.41. The van der Waals surface area contributed by atoms with Gasteiger partial charge in [0.25, 0.3) is 0 Å². The molecule has 0 aromatic carbocycles. The van der Waals surface area contributed by atoms with Crippen LogP contribution in [0.4, 0.5) is 10.1 Å². The lowest BCUT2D eigenvalue weighted by molar-refractivity contribution is -0.00293. The molecule has 0 aliphatic rings. The van der Waals surface area contributed by atoms with Crippen LogP contribution in [0.5, 0.6) is 0 Å². The quantitative estimate of drug-likeness (QED) is 0.311. The summed E-state index contributed by atoms with van der Waals surface area (Å²) in [5, 5.41) is 20.4. The smallest absolute Gasteiger partial charge is 0.382 e. The van der Waals surface area contributed by atoms with E-state index < -0.39 is 19.6 Å². The largest absolute Gasteiger partial charge is 0.470 e. The van der Waals surface area contributed by atoms with Gasteiger partial charge in [-0.3, -0.25) is 4.52 Å². The second kappa shape index (κ2) is 10.1. The molecule has 3 aromatic rings. The Morgan fingerprint density at radius 1 is 1.26 bits per heavy atom. The Morgan fingerprint density at radius 2 is 2.00 bits per heavy atom. The van der Waals surface area contributed by atoms with E-state index in [2.05, 4.69) is 30.2 Å². The van der Waals surface area contributed by atoms with Gasteiger partial charge >= 0.3 is 7.82 Å². The molecule has 3 heterocycles. The first-order valence-corrected chi connectivity index (χ1v) is 12.0. The van der Waals surface area contributed by atoms with Crippen molar-refractivity contribution in [3.05, 3.63) is 41.9 Å². The summed E-state index contributed by atoms with van der Waals surface area (Å²) < 4.78 is 31.8. The molecule has 1 unspecified atom stereocenters. The minimum absolute atomic E-state index is 0.101. The topological polar surface area (TPSA) is 158 Å². The Bertz CT molecular complexity index is 1250. The lowest BCUT2D eigenvalue weighted by atomic mass is 10.0. The highest BCUT2D eigenvalue weighted by atomic mass is 31.2. The van der Waals surface area contributed by atoms with Gasteiger partial charge < -0.3 is 20.4 Å². The van der Waals surface area contributed by atoms with Gasteiger partial charge in [-0.15, -0.1) is 0 Å². The maximum Gasteiger partial charge on any atom is 0.470 e. The molecular formula is C21H27FN7O4P. The third-order valence-corrected chi connectivity index (χ3v) is 5.63. The molecule has 13 heteroatoms.